The van der Waals surface area contributed by atoms with Crippen LogP contribution in [0.15, 0.2) is 11.1 Å². The van der Waals surface area contributed by atoms with E-state index in [-0.39, 0.29) is 24.2 Å². The Balaban J connectivity index is 2.00. The van der Waals surface area contributed by atoms with Crippen LogP contribution in [0.3, 0.4) is 0 Å². The Labute approximate surface area is 144 Å². The van der Waals surface area contributed by atoms with Gasteiger partial charge in [-0.25, -0.2) is 4.57 Å². The molecule has 1 fully saturated rings. The Hall–Kier alpha value is -2.01. The second kappa shape index (κ2) is 6.71. The van der Waals surface area contributed by atoms with E-state index in [9.17, 15) is 9.90 Å². The average molecular weight is 354 g/mol. The minimum atomic E-state index is -0.879. The summed E-state index contributed by atoms with van der Waals surface area (Å²) in [6, 6.07) is 0. The van der Waals surface area contributed by atoms with Crippen molar-refractivity contribution in [3.63, 3.8) is 0 Å². The standard InChI is InChI=1S/C15H23N5O5/c1-7(2)24-5-8-10(21)11(23-4)14(25-8)20-6-19(3)9-12(20)17-15(16)18-13(9)22/h6-8,10-11,14,21H,5H2,1-4H3,(H2-,16,17,18,22)/p+1. The fourth-order valence-electron chi connectivity index (χ4n) is 3.08. The van der Waals surface area contributed by atoms with Crippen molar-refractivity contribution in [3.8, 4) is 0 Å². The molecule has 0 aromatic carbocycles. The molecule has 1 aliphatic rings. The Bertz CT molecular complexity index is 816. The molecule has 4 unspecified atom stereocenters. The number of aromatic amines is 1. The van der Waals surface area contributed by atoms with Crippen molar-refractivity contribution in [2.45, 2.75) is 44.5 Å². The van der Waals surface area contributed by atoms with E-state index >= 15 is 0 Å². The second-order valence-electron chi connectivity index (χ2n) is 6.40. The SMILES string of the molecule is COC1C(O)C(COC(C)C)OC1[n+]1cn(C)c2c(=O)[nH]c(N)nc21. The number of rotatable bonds is 5. The van der Waals surface area contributed by atoms with Crippen LogP contribution in [0.1, 0.15) is 20.1 Å². The van der Waals surface area contributed by atoms with Crippen LogP contribution in [0.25, 0.3) is 11.2 Å². The van der Waals surface area contributed by atoms with Crippen molar-refractivity contribution in [2.24, 2.45) is 7.05 Å². The van der Waals surface area contributed by atoms with E-state index in [0.29, 0.717) is 11.2 Å². The first-order valence-electron chi connectivity index (χ1n) is 8.07. The maximum Gasteiger partial charge on any atom is 0.313 e. The van der Waals surface area contributed by atoms with Gasteiger partial charge in [0.15, 0.2) is 6.33 Å². The van der Waals surface area contributed by atoms with Gasteiger partial charge in [0.1, 0.15) is 18.3 Å². The van der Waals surface area contributed by atoms with Crippen LogP contribution < -0.4 is 15.9 Å². The number of fused-ring (bicyclic) bond motifs is 1. The van der Waals surface area contributed by atoms with E-state index in [1.165, 1.54) is 7.11 Å². The molecule has 3 rings (SSSR count). The molecule has 25 heavy (non-hydrogen) atoms. The molecule has 10 nitrogen and oxygen atoms in total. The third-order valence-electron chi connectivity index (χ3n) is 4.24. The minimum Gasteiger partial charge on any atom is -0.387 e. The minimum absolute atomic E-state index is 0.00431. The molecule has 2 aromatic heterocycles. The van der Waals surface area contributed by atoms with E-state index in [2.05, 4.69) is 9.97 Å². The number of nitrogen functional groups attached to an aromatic ring is 1. The van der Waals surface area contributed by atoms with E-state index in [4.69, 9.17) is 19.9 Å². The van der Waals surface area contributed by atoms with E-state index in [0.717, 1.165) is 0 Å². The zero-order chi connectivity index (χ0) is 18.3. The quantitative estimate of drug-likeness (QED) is 0.577. The third kappa shape index (κ3) is 3.13. The summed E-state index contributed by atoms with van der Waals surface area (Å²) in [4.78, 5) is 18.8. The number of H-pyrrole nitrogens is 1. The first-order chi connectivity index (χ1) is 11.8. The van der Waals surface area contributed by atoms with Gasteiger partial charge in [-0.1, -0.05) is 4.98 Å². The lowest BCUT2D eigenvalue weighted by Gasteiger charge is -2.17. The summed E-state index contributed by atoms with van der Waals surface area (Å²) >= 11 is 0. The number of anilines is 1. The molecule has 0 amide bonds. The highest BCUT2D eigenvalue weighted by Gasteiger charge is 2.48. The lowest BCUT2D eigenvalue weighted by atomic mass is 10.1. The molecule has 0 saturated carbocycles. The molecule has 0 bridgehead atoms. The van der Waals surface area contributed by atoms with Crippen molar-refractivity contribution in [1.82, 2.24) is 14.5 Å². The average Bonchev–Trinajstić information content (AvgIpc) is 3.02. The Kier molecular flexibility index (Phi) is 4.78. The molecule has 10 heteroatoms. The second-order valence-corrected chi connectivity index (χ2v) is 6.40. The highest BCUT2D eigenvalue weighted by atomic mass is 16.6. The number of aliphatic hydroxyl groups is 1. The van der Waals surface area contributed by atoms with Crippen LogP contribution in [-0.4, -0.2) is 57.8 Å². The van der Waals surface area contributed by atoms with Gasteiger partial charge in [0.05, 0.1) is 19.8 Å². The maximum atomic E-state index is 12.2. The topological polar surface area (TPSA) is 128 Å². The lowest BCUT2D eigenvalue weighted by Crippen LogP contribution is -2.47. The fourth-order valence-corrected chi connectivity index (χ4v) is 3.08. The lowest BCUT2D eigenvalue weighted by molar-refractivity contribution is -0.746. The number of ether oxygens (including phenoxy) is 3. The van der Waals surface area contributed by atoms with Gasteiger partial charge < -0.3 is 25.1 Å². The monoisotopic (exact) mass is 354 g/mol. The largest absolute Gasteiger partial charge is 0.387 e. The van der Waals surface area contributed by atoms with Crippen molar-refractivity contribution < 1.29 is 23.9 Å². The molecule has 2 aromatic rings. The summed E-state index contributed by atoms with van der Waals surface area (Å²) in [5.41, 5.74) is 6.03. The fraction of sp³-hybridized carbons (Fsp3) is 0.667. The van der Waals surface area contributed by atoms with Crippen molar-refractivity contribution in [3.05, 3.63) is 16.7 Å². The smallest absolute Gasteiger partial charge is 0.313 e. The zero-order valence-electron chi connectivity index (χ0n) is 14.7. The summed E-state index contributed by atoms with van der Waals surface area (Å²) in [5.74, 6) is 0.00431. The number of methoxy groups -OCH3 is 1. The van der Waals surface area contributed by atoms with Crippen LogP contribution in [0, 0.1) is 0 Å². The van der Waals surface area contributed by atoms with Crippen molar-refractivity contribution >= 4 is 17.1 Å². The predicted molar refractivity (Wildman–Crippen MR) is 87.7 cm³/mol. The molecule has 4 atom stereocenters. The molecule has 0 radical (unpaired) electrons. The summed E-state index contributed by atoms with van der Waals surface area (Å²) in [6.07, 6.45) is -1.06. The van der Waals surface area contributed by atoms with Gasteiger partial charge in [0, 0.05) is 7.11 Å². The van der Waals surface area contributed by atoms with E-state index < -0.39 is 24.5 Å². The number of aromatic nitrogens is 4. The van der Waals surface area contributed by atoms with E-state index in [1.54, 1.807) is 22.5 Å². The molecule has 3 heterocycles. The predicted octanol–water partition coefficient (Wildman–Crippen LogP) is -1.17. The zero-order valence-corrected chi connectivity index (χ0v) is 14.7. The van der Waals surface area contributed by atoms with E-state index in [1.807, 2.05) is 13.8 Å². The van der Waals surface area contributed by atoms with Crippen LogP contribution in [0.2, 0.25) is 0 Å². The number of nitrogens with zero attached hydrogens (tertiary/aromatic N) is 3. The number of aryl methyl sites for hydroxylation is 1. The van der Waals surface area contributed by atoms with Gasteiger partial charge in [0.2, 0.25) is 11.7 Å². The van der Waals surface area contributed by atoms with Crippen LogP contribution >= 0.6 is 0 Å². The van der Waals surface area contributed by atoms with Gasteiger partial charge in [-0.2, -0.15) is 0 Å². The number of hydrogen-bond donors (Lipinski definition) is 3. The molecule has 1 saturated heterocycles. The first-order valence-corrected chi connectivity index (χ1v) is 8.07. The van der Waals surface area contributed by atoms with Gasteiger partial charge in [-0.3, -0.25) is 14.3 Å². The molecule has 0 spiro atoms. The Morgan fingerprint density at radius 2 is 2.28 bits per heavy atom. The number of hydrogen-bond acceptors (Lipinski definition) is 7. The van der Waals surface area contributed by atoms with Gasteiger partial charge in [-0.15, -0.1) is 0 Å². The number of imidazole rings is 1. The first kappa shape index (κ1) is 17.8. The Morgan fingerprint density at radius 1 is 1.56 bits per heavy atom. The number of nitrogens with two attached hydrogens (primary N) is 1. The highest BCUT2D eigenvalue weighted by molar-refractivity contribution is 5.67. The van der Waals surface area contributed by atoms with Crippen molar-refractivity contribution in [2.75, 3.05) is 19.5 Å². The van der Waals surface area contributed by atoms with Crippen molar-refractivity contribution in [1.29, 1.82) is 0 Å². The molecular weight excluding hydrogens is 330 g/mol. The maximum absolute atomic E-state index is 12.2. The molecule has 138 valence electrons. The third-order valence-corrected chi connectivity index (χ3v) is 4.24. The molecular formula is C15H24N5O5+. The van der Waals surface area contributed by atoms with Crippen LogP contribution in [0.5, 0.6) is 0 Å². The summed E-state index contributed by atoms with van der Waals surface area (Å²) < 4.78 is 20.2. The highest BCUT2D eigenvalue weighted by Crippen LogP contribution is 2.29. The Morgan fingerprint density at radius 3 is 2.92 bits per heavy atom. The summed E-state index contributed by atoms with van der Waals surface area (Å²) in [5, 5.41) is 10.5. The molecule has 0 aliphatic carbocycles. The summed E-state index contributed by atoms with van der Waals surface area (Å²) in [7, 11) is 3.22. The van der Waals surface area contributed by atoms with Gasteiger partial charge in [0.25, 0.3) is 11.5 Å². The normalized spacial score (nSPS) is 26.8. The number of nitrogens with one attached hydrogen (secondary N) is 1. The van der Waals surface area contributed by atoms with Crippen LogP contribution in [-0.2, 0) is 21.3 Å². The number of aliphatic hydroxyl groups excluding tert-OH is 1. The summed E-state index contributed by atoms with van der Waals surface area (Å²) in [6.45, 7) is 4.05. The molecule has 1 aliphatic heterocycles. The van der Waals surface area contributed by atoms with Gasteiger partial charge >= 0.3 is 5.65 Å². The molecule has 4 N–H and O–H groups in total. The van der Waals surface area contributed by atoms with Crippen LogP contribution in [0.4, 0.5) is 5.95 Å². The van der Waals surface area contributed by atoms with Gasteiger partial charge in [-0.05, 0) is 13.8 Å².